The molecule has 3 aliphatic rings. The molecular formula is C32H31NSi. The molecule has 0 radical (unpaired) electrons. The van der Waals surface area contributed by atoms with Gasteiger partial charge in [-0.15, -0.1) is 0 Å². The molecular weight excluding hydrogens is 426 g/mol. The third kappa shape index (κ3) is 2.50. The van der Waals surface area contributed by atoms with Crippen molar-refractivity contribution in [2.24, 2.45) is 0 Å². The third-order valence-electron chi connectivity index (χ3n) is 9.07. The van der Waals surface area contributed by atoms with Crippen LogP contribution in [0.2, 0.25) is 13.1 Å². The second kappa shape index (κ2) is 6.96. The van der Waals surface area contributed by atoms with Crippen LogP contribution in [0.25, 0.3) is 11.1 Å². The van der Waals surface area contributed by atoms with E-state index in [1.54, 1.807) is 22.3 Å². The topological polar surface area (TPSA) is 3.24 Å². The molecule has 3 unspecified atom stereocenters. The number of hydrogen-bond donors (Lipinski definition) is 0. The molecule has 3 atom stereocenters. The van der Waals surface area contributed by atoms with Crippen LogP contribution in [0.4, 0.5) is 5.69 Å². The van der Waals surface area contributed by atoms with Crippen molar-refractivity contribution in [2.45, 2.75) is 43.1 Å². The van der Waals surface area contributed by atoms with E-state index in [2.05, 4.69) is 123 Å². The first-order chi connectivity index (χ1) is 16.5. The average molecular weight is 458 g/mol. The summed E-state index contributed by atoms with van der Waals surface area (Å²) in [5.41, 5.74) is 14.6. The summed E-state index contributed by atoms with van der Waals surface area (Å²) < 4.78 is 0. The summed E-state index contributed by atoms with van der Waals surface area (Å²) in [5, 5.41) is 0. The fourth-order valence-electron chi connectivity index (χ4n) is 7.82. The molecule has 2 heteroatoms. The highest BCUT2D eigenvalue weighted by molar-refractivity contribution is 6.81. The SMILES string of the molecule is Cc1ccc2c(c1)C1c3ccccc3C([Si](C)(C)C3c4ccccc4-c4ccccc43)C1N2C. The Hall–Kier alpha value is -3.10. The molecule has 0 bridgehead atoms. The van der Waals surface area contributed by atoms with Crippen molar-refractivity contribution in [3.05, 3.63) is 124 Å². The molecule has 0 N–H and O–H groups in total. The Labute approximate surface area is 204 Å². The van der Waals surface area contributed by atoms with E-state index in [4.69, 9.17) is 0 Å². The van der Waals surface area contributed by atoms with Crippen LogP contribution in [0, 0.1) is 6.92 Å². The molecule has 4 aromatic carbocycles. The summed E-state index contributed by atoms with van der Waals surface area (Å²) in [6.07, 6.45) is 0. The summed E-state index contributed by atoms with van der Waals surface area (Å²) in [7, 11) is 0.433. The van der Waals surface area contributed by atoms with Crippen LogP contribution in [0.3, 0.4) is 0 Å². The predicted molar refractivity (Wildman–Crippen MR) is 146 cm³/mol. The summed E-state index contributed by atoms with van der Waals surface area (Å²) in [6, 6.07) is 35.4. The monoisotopic (exact) mass is 457 g/mol. The molecule has 0 aromatic heterocycles. The van der Waals surface area contributed by atoms with Crippen LogP contribution in [0.5, 0.6) is 0 Å². The standard InChI is InChI=1S/C32H31NSi/c1-20-17-18-28-27(19-20)29-23-13-7-10-16-26(23)32(30(29)33(28)2)34(3,4)31-24-14-8-5-11-21(24)22-12-6-9-15-25(22)31/h5-19,29-32H,1-4H3. The number of hydrogen-bond acceptors (Lipinski definition) is 1. The van der Waals surface area contributed by atoms with E-state index in [-0.39, 0.29) is 0 Å². The minimum Gasteiger partial charge on any atom is -0.370 e. The van der Waals surface area contributed by atoms with Gasteiger partial charge in [0.05, 0.1) is 8.07 Å². The van der Waals surface area contributed by atoms with Crippen molar-refractivity contribution in [3.8, 4) is 11.1 Å². The van der Waals surface area contributed by atoms with Gasteiger partial charge >= 0.3 is 0 Å². The first-order valence-corrected chi connectivity index (χ1v) is 15.7. The summed E-state index contributed by atoms with van der Waals surface area (Å²) in [5.74, 6) is 0.472. The lowest BCUT2D eigenvalue weighted by Gasteiger charge is -2.42. The van der Waals surface area contributed by atoms with Gasteiger partial charge in [0.1, 0.15) is 0 Å². The van der Waals surface area contributed by atoms with Gasteiger partial charge in [0.2, 0.25) is 0 Å². The molecule has 0 saturated heterocycles. The second-order valence-corrected chi connectivity index (χ2v) is 16.0. The highest BCUT2D eigenvalue weighted by atomic mass is 28.3. The summed E-state index contributed by atoms with van der Waals surface area (Å²) in [6.45, 7) is 7.57. The molecule has 1 heterocycles. The smallest absolute Gasteiger partial charge is 0.0706 e. The van der Waals surface area contributed by atoms with Gasteiger partial charge in [0.25, 0.3) is 0 Å². The van der Waals surface area contributed by atoms with Crippen LogP contribution in [-0.4, -0.2) is 21.2 Å². The Morgan fingerprint density at radius 2 is 1.21 bits per heavy atom. The fraction of sp³-hybridized carbons (Fsp3) is 0.250. The van der Waals surface area contributed by atoms with Gasteiger partial charge in [-0.1, -0.05) is 104 Å². The zero-order chi connectivity index (χ0) is 23.2. The Balaban J connectivity index is 1.45. The number of benzene rings is 4. The van der Waals surface area contributed by atoms with Crippen molar-refractivity contribution < 1.29 is 0 Å². The average Bonchev–Trinajstić information content (AvgIpc) is 3.46. The maximum absolute atomic E-state index is 2.67. The summed E-state index contributed by atoms with van der Waals surface area (Å²) >= 11 is 0. The first kappa shape index (κ1) is 20.3. The minimum atomic E-state index is -1.91. The van der Waals surface area contributed by atoms with Crippen LogP contribution in [0.1, 0.15) is 50.4 Å². The number of aryl methyl sites for hydroxylation is 1. The lowest BCUT2D eigenvalue weighted by molar-refractivity contribution is 0.613. The van der Waals surface area contributed by atoms with Crippen LogP contribution in [0.15, 0.2) is 91.0 Å². The molecule has 34 heavy (non-hydrogen) atoms. The molecule has 1 aliphatic heterocycles. The lowest BCUT2D eigenvalue weighted by Crippen LogP contribution is -2.49. The van der Waals surface area contributed by atoms with Gasteiger partial charge in [0, 0.05) is 35.8 Å². The Morgan fingerprint density at radius 3 is 1.85 bits per heavy atom. The van der Waals surface area contributed by atoms with Gasteiger partial charge in [-0.05, 0) is 51.9 Å². The van der Waals surface area contributed by atoms with Crippen LogP contribution >= 0.6 is 0 Å². The van der Waals surface area contributed by atoms with Crippen molar-refractivity contribution >= 4 is 13.8 Å². The van der Waals surface area contributed by atoms with E-state index in [1.165, 1.54) is 27.9 Å². The van der Waals surface area contributed by atoms with E-state index < -0.39 is 8.07 Å². The van der Waals surface area contributed by atoms with E-state index in [0.717, 1.165) is 0 Å². The van der Waals surface area contributed by atoms with Gasteiger partial charge < -0.3 is 4.90 Å². The minimum absolute atomic E-state index is 0.472. The maximum atomic E-state index is 2.67. The van der Waals surface area contributed by atoms with Crippen molar-refractivity contribution in [3.63, 3.8) is 0 Å². The normalized spacial score (nSPS) is 22.2. The Morgan fingerprint density at radius 1 is 0.647 bits per heavy atom. The predicted octanol–water partition coefficient (Wildman–Crippen LogP) is 7.64. The van der Waals surface area contributed by atoms with Crippen molar-refractivity contribution in [1.29, 1.82) is 0 Å². The molecule has 4 aromatic rings. The van der Waals surface area contributed by atoms with Gasteiger partial charge in [-0.25, -0.2) is 0 Å². The Kier molecular flexibility index (Phi) is 4.15. The van der Waals surface area contributed by atoms with Gasteiger partial charge in [-0.3, -0.25) is 0 Å². The third-order valence-corrected chi connectivity index (χ3v) is 13.4. The van der Waals surface area contributed by atoms with Crippen molar-refractivity contribution in [1.82, 2.24) is 0 Å². The number of fused-ring (bicyclic) bond motifs is 8. The fourth-order valence-corrected chi connectivity index (χ4v) is 12.6. The molecule has 0 saturated carbocycles. The molecule has 0 spiro atoms. The van der Waals surface area contributed by atoms with Crippen LogP contribution in [-0.2, 0) is 0 Å². The molecule has 2 aliphatic carbocycles. The second-order valence-electron chi connectivity index (χ2n) is 11.2. The molecule has 7 rings (SSSR count). The van der Waals surface area contributed by atoms with Crippen LogP contribution < -0.4 is 4.90 Å². The number of likely N-dealkylation sites (N-methyl/N-ethyl adjacent to an activating group) is 1. The highest BCUT2D eigenvalue weighted by Gasteiger charge is 2.57. The molecule has 1 nitrogen and oxygen atoms in total. The van der Waals surface area contributed by atoms with Crippen molar-refractivity contribution in [2.75, 3.05) is 11.9 Å². The van der Waals surface area contributed by atoms with E-state index >= 15 is 0 Å². The molecule has 0 fully saturated rings. The highest BCUT2D eigenvalue weighted by Crippen LogP contribution is 2.61. The Bertz CT molecular complexity index is 1410. The maximum Gasteiger partial charge on any atom is 0.0706 e. The van der Waals surface area contributed by atoms with E-state index in [0.29, 0.717) is 23.0 Å². The lowest BCUT2D eigenvalue weighted by atomic mass is 9.92. The zero-order valence-electron chi connectivity index (χ0n) is 20.4. The number of rotatable bonds is 2. The van der Waals surface area contributed by atoms with Gasteiger partial charge in [0.15, 0.2) is 0 Å². The number of anilines is 1. The summed E-state index contributed by atoms with van der Waals surface area (Å²) in [4.78, 5) is 2.63. The zero-order valence-corrected chi connectivity index (χ0v) is 21.4. The first-order valence-electron chi connectivity index (χ1n) is 12.6. The largest absolute Gasteiger partial charge is 0.370 e. The van der Waals surface area contributed by atoms with Gasteiger partial charge in [-0.2, -0.15) is 0 Å². The number of nitrogens with zero attached hydrogens (tertiary/aromatic N) is 1. The quantitative estimate of drug-likeness (QED) is 0.280. The molecule has 0 amide bonds. The van der Waals surface area contributed by atoms with E-state index in [1.807, 2.05) is 0 Å². The van der Waals surface area contributed by atoms with E-state index in [9.17, 15) is 0 Å². The molecule has 168 valence electrons.